The van der Waals surface area contributed by atoms with Gasteiger partial charge in [-0.05, 0) is 61.9 Å². The summed E-state index contributed by atoms with van der Waals surface area (Å²) in [7, 11) is 0. The van der Waals surface area contributed by atoms with Crippen molar-refractivity contribution in [2.24, 2.45) is 35.5 Å². The molecule has 3 aliphatic carbocycles. The molecule has 0 amide bonds. The predicted molar refractivity (Wildman–Crippen MR) is 106 cm³/mol. The fourth-order valence-electron chi connectivity index (χ4n) is 6.45. The number of allylic oxidation sites excluding steroid dienone is 2. The summed E-state index contributed by atoms with van der Waals surface area (Å²) >= 11 is 0. The molecule has 154 valence electrons. The Balaban J connectivity index is 1.65. The summed E-state index contributed by atoms with van der Waals surface area (Å²) in [6.45, 7) is 4.07. The molecule has 3 fully saturated rings. The first-order chi connectivity index (χ1) is 13.5. The molecule has 0 aromatic rings. The normalized spacial score (nSPS) is 41.9. The number of hydrogen-bond acceptors (Lipinski definition) is 4. The van der Waals surface area contributed by atoms with Gasteiger partial charge in [-0.3, -0.25) is 14.4 Å². The summed E-state index contributed by atoms with van der Waals surface area (Å²) < 4.78 is 5.76. The molecule has 0 radical (unpaired) electrons. The van der Waals surface area contributed by atoms with Crippen molar-refractivity contribution in [2.75, 3.05) is 0 Å². The average Bonchev–Trinajstić information content (AvgIpc) is 3.27. The molecule has 0 spiro atoms. The second-order valence-corrected chi connectivity index (χ2v) is 9.63. The fourth-order valence-corrected chi connectivity index (χ4v) is 6.45. The topological polar surface area (TPSA) is 60.4 Å². The first-order valence-electron chi connectivity index (χ1n) is 11.5. The van der Waals surface area contributed by atoms with Crippen molar-refractivity contribution < 1.29 is 19.1 Å². The van der Waals surface area contributed by atoms with Gasteiger partial charge >= 0.3 is 5.97 Å². The van der Waals surface area contributed by atoms with Crippen molar-refractivity contribution in [3.63, 3.8) is 0 Å². The van der Waals surface area contributed by atoms with E-state index < -0.39 is 0 Å². The fraction of sp³-hybridized carbons (Fsp3) is 0.792. The number of ether oxygens (including phenoxy) is 1. The van der Waals surface area contributed by atoms with E-state index in [9.17, 15) is 14.4 Å². The highest BCUT2D eigenvalue weighted by molar-refractivity contribution is 6.00. The van der Waals surface area contributed by atoms with Gasteiger partial charge in [0.2, 0.25) is 0 Å². The van der Waals surface area contributed by atoms with E-state index in [1.54, 1.807) is 0 Å². The Morgan fingerprint density at radius 2 is 1.79 bits per heavy atom. The van der Waals surface area contributed by atoms with E-state index >= 15 is 0 Å². The number of carbonyl (C=O) groups is 3. The van der Waals surface area contributed by atoms with Gasteiger partial charge in [0.05, 0.1) is 6.42 Å². The van der Waals surface area contributed by atoms with Crippen LogP contribution in [0.25, 0.3) is 0 Å². The average molecular weight is 387 g/mol. The minimum absolute atomic E-state index is 0.0288. The molecule has 2 saturated carbocycles. The Morgan fingerprint density at radius 1 is 1.00 bits per heavy atom. The zero-order valence-electron chi connectivity index (χ0n) is 17.3. The molecule has 1 saturated heterocycles. The third kappa shape index (κ3) is 3.59. The summed E-state index contributed by atoms with van der Waals surface area (Å²) in [6, 6.07) is 0. The number of cyclic esters (lactones) is 1. The third-order valence-corrected chi connectivity index (χ3v) is 7.95. The van der Waals surface area contributed by atoms with Gasteiger partial charge < -0.3 is 4.74 Å². The smallest absolute Gasteiger partial charge is 0.306 e. The highest BCUT2D eigenvalue weighted by Crippen LogP contribution is 2.54. The third-order valence-electron chi connectivity index (χ3n) is 7.95. The van der Waals surface area contributed by atoms with E-state index in [1.165, 1.54) is 6.42 Å². The van der Waals surface area contributed by atoms with Crippen LogP contribution in [0.3, 0.4) is 0 Å². The Kier molecular flexibility index (Phi) is 5.76. The molecule has 0 aromatic carbocycles. The molecule has 4 heteroatoms. The van der Waals surface area contributed by atoms with Crippen LogP contribution in [0.4, 0.5) is 0 Å². The van der Waals surface area contributed by atoms with E-state index in [2.05, 4.69) is 13.0 Å². The Bertz CT molecular complexity index is 678. The summed E-state index contributed by atoms with van der Waals surface area (Å²) in [6.07, 6.45) is 10.9. The van der Waals surface area contributed by atoms with Crippen LogP contribution < -0.4 is 0 Å². The van der Waals surface area contributed by atoms with Crippen molar-refractivity contribution in [1.29, 1.82) is 0 Å². The lowest BCUT2D eigenvalue weighted by atomic mass is 9.65. The van der Waals surface area contributed by atoms with Crippen molar-refractivity contribution in [1.82, 2.24) is 0 Å². The molecule has 1 aliphatic heterocycles. The van der Waals surface area contributed by atoms with Crippen LogP contribution in [0.5, 0.6) is 0 Å². The molecule has 4 rings (SSSR count). The summed E-state index contributed by atoms with van der Waals surface area (Å²) in [5, 5.41) is 0. The lowest BCUT2D eigenvalue weighted by Crippen LogP contribution is -2.40. The lowest BCUT2D eigenvalue weighted by Gasteiger charge is -2.37. The van der Waals surface area contributed by atoms with Gasteiger partial charge in [-0.1, -0.05) is 32.8 Å². The van der Waals surface area contributed by atoms with Gasteiger partial charge in [-0.15, -0.1) is 0 Å². The molecule has 1 heterocycles. The highest BCUT2D eigenvalue weighted by atomic mass is 16.5. The Morgan fingerprint density at radius 3 is 2.57 bits per heavy atom. The van der Waals surface area contributed by atoms with Crippen LogP contribution in [0.2, 0.25) is 0 Å². The maximum absolute atomic E-state index is 13.3. The maximum Gasteiger partial charge on any atom is 0.306 e. The summed E-state index contributed by atoms with van der Waals surface area (Å²) in [5.74, 6) is 0.893. The molecule has 28 heavy (non-hydrogen) atoms. The van der Waals surface area contributed by atoms with Gasteiger partial charge in [-0.2, -0.15) is 0 Å². The van der Waals surface area contributed by atoms with Gasteiger partial charge in [0.25, 0.3) is 0 Å². The predicted octanol–water partition coefficient (Wildman–Crippen LogP) is 4.66. The Hall–Kier alpha value is -1.45. The van der Waals surface area contributed by atoms with Crippen LogP contribution in [0.15, 0.2) is 11.6 Å². The molecule has 4 aliphatic rings. The molecular formula is C24H34O4. The van der Waals surface area contributed by atoms with Crippen LogP contribution >= 0.6 is 0 Å². The monoisotopic (exact) mass is 386 g/mol. The summed E-state index contributed by atoms with van der Waals surface area (Å²) in [4.78, 5) is 39.1. The first-order valence-corrected chi connectivity index (χ1v) is 11.5. The van der Waals surface area contributed by atoms with E-state index in [4.69, 9.17) is 4.74 Å². The van der Waals surface area contributed by atoms with E-state index in [1.807, 2.05) is 6.92 Å². The molecule has 4 nitrogen and oxygen atoms in total. The number of hydrogen-bond donors (Lipinski definition) is 0. The van der Waals surface area contributed by atoms with Crippen LogP contribution in [0, 0.1) is 35.5 Å². The van der Waals surface area contributed by atoms with Crippen LogP contribution in [-0.4, -0.2) is 23.6 Å². The van der Waals surface area contributed by atoms with Crippen molar-refractivity contribution in [3.8, 4) is 0 Å². The maximum atomic E-state index is 13.3. The second kappa shape index (κ2) is 8.12. The largest absolute Gasteiger partial charge is 0.462 e. The number of Topliss-reactive ketones (excluding diaryl/α,β-unsaturated/α-hetero) is 2. The first kappa shape index (κ1) is 19.8. The molecule has 5 unspecified atom stereocenters. The van der Waals surface area contributed by atoms with E-state index in [0.29, 0.717) is 18.3 Å². The second-order valence-electron chi connectivity index (χ2n) is 9.63. The highest BCUT2D eigenvalue weighted by Gasteiger charge is 2.53. The van der Waals surface area contributed by atoms with Gasteiger partial charge in [0.15, 0.2) is 5.78 Å². The van der Waals surface area contributed by atoms with Gasteiger partial charge in [0, 0.05) is 24.2 Å². The molecular weight excluding hydrogens is 352 g/mol. The molecule has 7 atom stereocenters. The van der Waals surface area contributed by atoms with E-state index in [0.717, 1.165) is 50.5 Å². The minimum Gasteiger partial charge on any atom is -0.462 e. The standard InChI is InChI=1S/C24H34O4/c1-3-16-9-5-4-7-14(2)24(27)20-12-18-17-10-6-8-15(17)11-21(25)23(18)19(20)13-22(26)28-16/h12,14-19,23H,3-11,13H2,1-2H3/t14-,15?,16+,17?,18?,19?,23?/m1/s1. The van der Waals surface area contributed by atoms with Gasteiger partial charge in [0.1, 0.15) is 11.9 Å². The molecule has 0 aromatic heterocycles. The quantitative estimate of drug-likeness (QED) is 0.615. The number of rotatable bonds is 1. The summed E-state index contributed by atoms with van der Waals surface area (Å²) in [5.41, 5.74) is 0.772. The molecule has 0 bridgehead atoms. The molecule has 0 N–H and O–H groups in total. The zero-order chi connectivity index (χ0) is 19.8. The Labute approximate surface area is 168 Å². The van der Waals surface area contributed by atoms with Crippen molar-refractivity contribution in [2.45, 2.75) is 84.2 Å². The van der Waals surface area contributed by atoms with Crippen LogP contribution in [0.1, 0.15) is 78.1 Å². The number of esters is 1. The van der Waals surface area contributed by atoms with Crippen molar-refractivity contribution in [3.05, 3.63) is 11.6 Å². The SMILES string of the molecule is CC[C@H]1CCCC[C@@H](C)C(=O)C2=CC3C4CCCC4CC(=O)C3C2CC(=O)O1. The number of ketones is 2. The number of carbonyl (C=O) groups excluding carboxylic acids is 3. The van der Waals surface area contributed by atoms with Crippen LogP contribution in [-0.2, 0) is 19.1 Å². The minimum atomic E-state index is -0.265. The zero-order valence-corrected chi connectivity index (χ0v) is 17.3. The van der Waals surface area contributed by atoms with E-state index in [-0.39, 0.29) is 53.7 Å². The number of fused-ring (bicyclic) bond motifs is 5. The lowest BCUT2D eigenvalue weighted by molar-refractivity contribution is -0.151. The van der Waals surface area contributed by atoms with Crippen molar-refractivity contribution >= 4 is 17.5 Å². The van der Waals surface area contributed by atoms with Gasteiger partial charge in [-0.25, -0.2) is 0 Å².